The Balaban J connectivity index is 1.96. The van der Waals surface area contributed by atoms with Crippen molar-refractivity contribution < 1.29 is 19.5 Å². The van der Waals surface area contributed by atoms with Crippen molar-refractivity contribution in [2.24, 2.45) is 11.3 Å². The largest absolute Gasteiger partial charge is 0.351 e. The summed E-state index contributed by atoms with van der Waals surface area (Å²) in [6.45, 7) is 6.62. The number of ether oxygens (including phenoxy) is 1. The summed E-state index contributed by atoms with van der Waals surface area (Å²) < 4.78 is 5.70. The van der Waals surface area contributed by atoms with Crippen molar-refractivity contribution in [1.82, 2.24) is 21.0 Å². The van der Waals surface area contributed by atoms with Crippen molar-refractivity contribution in [1.29, 1.82) is 0 Å². The van der Waals surface area contributed by atoms with Crippen molar-refractivity contribution in [2.45, 2.75) is 45.0 Å². The molecule has 0 spiro atoms. The second-order valence-corrected chi connectivity index (χ2v) is 10.1. The molecule has 2 aromatic carbocycles. The number of carbonyl (C=O) groups excluding carboxylic acids is 2. The fourth-order valence-corrected chi connectivity index (χ4v) is 4.63. The van der Waals surface area contributed by atoms with Crippen LogP contribution in [0.3, 0.4) is 0 Å². The highest BCUT2D eigenvalue weighted by Crippen LogP contribution is 2.37. The highest BCUT2D eigenvalue weighted by atomic mass is 16.6. The van der Waals surface area contributed by atoms with Gasteiger partial charge >= 0.3 is 0 Å². The van der Waals surface area contributed by atoms with Gasteiger partial charge in [-0.1, -0.05) is 63.2 Å². The molecule has 4 N–H and O–H groups in total. The lowest BCUT2D eigenvalue weighted by Gasteiger charge is -2.38. The first-order valence-electron chi connectivity index (χ1n) is 11.2. The van der Waals surface area contributed by atoms with E-state index in [4.69, 9.17) is 4.74 Å². The molecule has 0 bridgehead atoms. The second-order valence-electron chi connectivity index (χ2n) is 10.1. The third kappa shape index (κ3) is 5.52. The average Bonchev–Trinajstić information content (AvgIpc) is 3.56. The summed E-state index contributed by atoms with van der Waals surface area (Å²) in [5.74, 6) is -1.64. The lowest BCUT2D eigenvalue weighted by molar-refractivity contribution is -0.141. The van der Waals surface area contributed by atoms with Gasteiger partial charge in [0, 0.05) is 0 Å². The fourth-order valence-electron chi connectivity index (χ4n) is 4.63. The van der Waals surface area contributed by atoms with Crippen LogP contribution in [0.5, 0.6) is 0 Å². The molecule has 1 fully saturated rings. The van der Waals surface area contributed by atoms with Gasteiger partial charge < -0.3 is 10.1 Å². The lowest BCUT2D eigenvalue weighted by Crippen LogP contribution is -2.61. The number of hydrogen-bond donors (Lipinski definition) is 4. The normalized spacial score (nSPS) is 20.8. The van der Waals surface area contributed by atoms with E-state index in [1.54, 1.807) is 24.5 Å². The number of hydrogen-bond acceptors (Lipinski definition) is 6. The van der Waals surface area contributed by atoms with Gasteiger partial charge in [0.15, 0.2) is 5.72 Å². The maximum Gasteiger partial charge on any atom is 0.261 e. The highest BCUT2D eigenvalue weighted by molar-refractivity contribution is 5.90. The third-order valence-electron chi connectivity index (χ3n) is 6.42. The van der Waals surface area contributed by atoms with Crippen molar-refractivity contribution in [3.8, 4) is 0 Å². The van der Waals surface area contributed by atoms with E-state index in [0.717, 1.165) is 16.3 Å². The fraction of sp³-hybridized carbons (Fsp3) is 0.520. The molecule has 33 heavy (non-hydrogen) atoms. The molecular weight excluding hydrogens is 420 g/mol. The van der Waals surface area contributed by atoms with Gasteiger partial charge in [0.25, 0.3) is 5.91 Å². The first kappa shape index (κ1) is 25.1. The molecule has 1 aliphatic heterocycles. The Morgan fingerprint density at radius 1 is 1.12 bits per heavy atom. The number of rotatable bonds is 9. The number of carbonyl (C=O) groups is 2. The quantitative estimate of drug-likeness (QED) is 0.261. The number of benzene rings is 2. The smallest absolute Gasteiger partial charge is 0.261 e. The van der Waals surface area contributed by atoms with E-state index in [2.05, 4.69) is 10.6 Å². The van der Waals surface area contributed by atoms with Crippen LogP contribution in [-0.4, -0.2) is 67.5 Å². The SMILES string of the molecule is CNC1([C@@H](NC(=O)C(Cc2ccc3ccccc3c2)[C@@H](C(=O)NO)N(C)C)C(C)(C)C)CO1. The molecule has 1 heterocycles. The number of amides is 2. The minimum Gasteiger partial charge on any atom is -0.351 e. The minimum absolute atomic E-state index is 0.268. The summed E-state index contributed by atoms with van der Waals surface area (Å²) in [5.41, 5.74) is 1.74. The molecule has 2 aromatic rings. The van der Waals surface area contributed by atoms with Gasteiger partial charge in [-0.05, 0) is 49.3 Å². The molecule has 0 aliphatic carbocycles. The van der Waals surface area contributed by atoms with Crippen molar-refractivity contribution >= 4 is 22.6 Å². The van der Waals surface area contributed by atoms with E-state index in [9.17, 15) is 14.8 Å². The van der Waals surface area contributed by atoms with Crippen molar-refractivity contribution in [3.05, 3.63) is 48.0 Å². The summed E-state index contributed by atoms with van der Waals surface area (Å²) in [6.07, 6.45) is 0.331. The molecule has 2 unspecified atom stereocenters. The average molecular weight is 457 g/mol. The molecule has 0 saturated carbocycles. The zero-order chi connectivity index (χ0) is 24.4. The second kappa shape index (κ2) is 9.77. The van der Waals surface area contributed by atoms with E-state index in [1.165, 1.54) is 0 Å². The number of nitrogens with zero attached hydrogens (tertiary/aromatic N) is 1. The molecular formula is C25H36N4O4. The van der Waals surface area contributed by atoms with Gasteiger partial charge in [0.1, 0.15) is 6.04 Å². The van der Waals surface area contributed by atoms with Crippen LogP contribution >= 0.6 is 0 Å². The minimum atomic E-state index is -0.868. The summed E-state index contributed by atoms with van der Waals surface area (Å²) in [5, 5.41) is 17.9. The Morgan fingerprint density at radius 3 is 2.27 bits per heavy atom. The van der Waals surface area contributed by atoms with Crippen LogP contribution in [0, 0.1) is 11.3 Å². The summed E-state index contributed by atoms with van der Waals surface area (Å²) in [4.78, 5) is 28.0. The Kier molecular flexibility index (Phi) is 7.43. The number of epoxide rings is 1. The van der Waals surface area contributed by atoms with Crippen molar-refractivity contribution in [3.63, 3.8) is 0 Å². The van der Waals surface area contributed by atoms with Gasteiger partial charge in [0.05, 0.1) is 18.6 Å². The van der Waals surface area contributed by atoms with Crippen molar-refractivity contribution in [2.75, 3.05) is 27.7 Å². The summed E-state index contributed by atoms with van der Waals surface area (Å²) in [6, 6.07) is 12.9. The van der Waals surface area contributed by atoms with Crippen LogP contribution in [0.2, 0.25) is 0 Å². The van der Waals surface area contributed by atoms with E-state index in [1.807, 2.05) is 70.3 Å². The Hall–Kier alpha value is -2.52. The molecule has 8 nitrogen and oxygen atoms in total. The predicted molar refractivity (Wildman–Crippen MR) is 128 cm³/mol. The number of likely N-dealkylation sites (N-methyl/N-ethyl adjacent to an activating group) is 2. The standard InChI is InChI=1S/C25H36N4O4/c1-24(2,3)23(25(26-4)15-33-25)27-21(30)19(20(29(5)6)22(31)28-32)14-16-11-12-17-9-7-8-10-18(17)13-16/h7-13,19-20,23,26,32H,14-15H2,1-6H3,(H,27,30)(H,28,31)/t19?,20-,23-,25?/m0/s1. The number of nitrogens with one attached hydrogen (secondary N) is 3. The van der Waals surface area contributed by atoms with E-state index < -0.39 is 23.6 Å². The molecule has 3 rings (SSSR count). The van der Waals surface area contributed by atoms with Crippen LogP contribution in [-0.2, 0) is 20.7 Å². The van der Waals surface area contributed by atoms with E-state index in [-0.39, 0.29) is 17.4 Å². The summed E-state index contributed by atoms with van der Waals surface area (Å²) >= 11 is 0. The summed E-state index contributed by atoms with van der Waals surface area (Å²) in [7, 11) is 5.26. The third-order valence-corrected chi connectivity index (χ3v) is 6.42. The van der Waals surface area contributed by atoms with Gasteiger partial charge in [-0.2, -0.15) is 0 Å². The van der Waals surface area contributed by atoms with Gasteiger partial charge in [-0.15, -0.1) is 0 Å². The Bertz CT molecular complexity index is 997. The first-order valence-corrected chi connectivity index (χ1v) is 11.2. The molecule has 4 atom stereocenters. The Morgan fingerprint density at radius 2 is 1.76 bits per heavy atom. The van der Waals surface area contributed by atoms with Crippen LogP contribution in [0.1, 0.15) is 26.3 Å². The lowest BCUT2D eigenvalue weighted by atomic mass is 9.81. The van der Waals surface area contributed by atoms with Gasteiger partial charge in [-0.25, -0.2) is 5.48 Å². The molecule has 180 valence electrons. The van der Waals surface area contributed by atoms with E-state index >= 15 is 0 Å². The number of hydroxylamine groups is 1. The monoisotopic (exact) mass is 456 g/mol. The maximum atomic E-state index is 13.7. The maximum absolute atomic E-state index is 13.7. The molecule has 0 radical (unpaired) electrons. The number of fused-ring (bicyclic) bond motifs is 1. The zero-order valence-electron chi connectivity index (χ0n) is 20.3. The van der Waals surface area contributed by atoms with E-state index in [0.29, 0.717) is 13.0 Å². The highest BCUT2D eigenvalue weighted by Gasteiger charge is 2.56. The molecule has 0 aromatic heterocycles. The molecule has 2 amide bonds. The zero-order valence-corrected chi connectivity index (χ0v) is 20.3. The van der Waals surface area contributed by atoms with Gasteiger partial charge in [0.2, 0.25) is 5.91 Å². The van der Waals surface area contributed by atoms with Crippen LogP contribution in [0.25, 0.3) is 10.8 Å². The van der Waals surface area contributed by atoms with Crippen LogP contribution in [0.15, 0.2) is 42.5 Å². The van der Waals surface area contributed by atoms with Crippen LogP contribution in [0.4, 0.5) is 0 Å². The van der Waals surface area contributed by atoms with Gasteiger partial charge in [-0.3, -0.25) is 25.0 Å². The molecule has 8 heteroatoms. The topological polar surface area (TPSA) is 106 Å². The first-order chi connectivity index (χ1) is 15.5. The van der Waals surface area contributed by atoms with Crippen LogP contribution < -0.4 is 16.1 Å². The predicted octanol–water partition coefficient (Wildman–Crippen LogP) is 1.91. The Labute approximate surface area is 195 Å². The molecule has 1 saturated heterocycles. The molecule has 1 aliphatic rings.